The Labute approximate surface area is 129 Å². The minimum Gasteiger partial charge on any atom is -0.496 e. The molecule has 0 radical (unpaired) electrons. The Morgan fingerprint density at radius 2 is 1.95 bits per heavy atom. The summed E-state index contributed by atoms with van der Waals surface area (Å²) in [4.78, 5) is 2.58. The second-order valence-electron chi connectivity index (χ2n) is 7.05. The monoisotopic (exact) mass is 290 g/mol. The van der Waals surface area contributed by atoms with Crippen molar-refractivity contribution in [3.05, 3.63) is 29.3 Å². The van der Waals surface area contributed by atoms with Crippen LogP contribution >= 0.6 is 0 Å². The van der Waals surface area contributed by atoms with Gasteiger partial charge < -0.3 is 15.0 Å². The molecule has 21 heavy (non-hydrogen) atoms. The lowest BCUT2D eigenvalue weighted by atomic mass is 9.82. The summed E-state index contributed by atoms with van der Waals surface area (Å²) >= 11 is 0. The molecule has 1 aromatic rings. The molecule has 1 unspecified atom stereocenters. The van der Waals surface area contributed by atoms with Crippen molar-refractivity contribution in [2.45, 2.75) is 39.7 Å². The van der Waals surface area contributed by atoms with Gasteiger partial charge in [0.2, 0.25) is 0 Å². The molecule has 1 heterocycles. The standard InChI is InChI=1S/C18H30N2O/c1-14-6-7-17(21-5)15(12-14)16(19-4)13-20-10-8-18(2,3)9-11-20/h6-7,12,16,19H,8-11,13H2,1-5H3. The van der Waals surface area contributed by atoms with Crippen LogP contribution in [-0.2, 0) is 0 Å². The van der Waals surface area contributed by atoms with E-state index in [4.69, 9.17) is 4.74 Å². The second-order valence-corrected chi connectivity index (χ2v) is 7.05. The van der Waals surface area contributed by atoms with Crippen molar-refractivity contribution in [2.75, 3.05) is 33.8 Å². The van der Waals surface area contributed by atoms with Crippen molar-refractivity contribution < 1.29 is 4.74 Å². The number of likely N-dealkylation sites (N-methyl/N-ethyl adjacent to an activating group) is 1. The van der Waals surface area contributed by atoms with Gasteiger partial charge in [0.1, 0.15) is 5.75 Å². The highest BCUT2D eigenvalue weighted by Crippen LogP contribution is 2.32. The molecular formula is C18H30N2O. The van der Waals surface area contributed by atoms with E-state index < -0.39 is 0 Å². The van der Waals surface area contributed by atoms with E-state index in [-0.39, 0.29) is 0 Å². The van der Waals surface area contributed by atoms with Crippen LogP contribution in [0.25, 0.3) is 0 Å². The number of methoxy groups -OCH3 is 1. The fourth-order valence-corrected chi connectivity index (χ4v) is 3.07. The number of piperidine rings is 1. The molecule has 0 spiro atoms. The van der Waals surface area contributed by atoms with Crippen LogP contribution in [0.15, 0.2) is 18.2 Å². The molecule has 1 aliphatic rings. The Balaban J connectivity index is 2.08. The Morgan fingerprint density at radius 1 is 1.29 bits per heavy atom. The van der Waals surface area contributed by atoms with Crippen molar-refractivity contribution in [1.29, 1.82) is 0 Å². The minimum absolute atomic E-state index is 0.320. The minimum atomic E-state index is 0.320. The summed E-state index contributed by atoms with van der Waals surface area (Å²) in [6.07, 6.45) is 2.57. The topological polar surface area (TPSA) is 24.5 Å². The van der Waals surface area contributed by atoms with E-state index in [1.54, 1.807) is 7.11 Å². The molecule has 0 bridgehead atoms. The van der Waals surface area contributed by atoms with Crippen LogP contribution in [0.3, 0.4) is 0 Å². The van der Waals surface area contributed by atoms with Gasteiger partial charge in [0.15, 0.2) is 0 Å². The van der Waals surface area contributed by atoms with Gasteiger partial charge in [-0.15, -0.1) is 0 Å². The number of rotatable bonds is 5. The van der Waals surface area contributed by atoms with Crippen LogP contribution < -0.4 is 10.1 Å². The lowest BCUT2D eigenvalue weighted by Crippen LogP contribution is -2.41. The SMILES string of the molecule is CNC(CN1CCC(C)(C)CC1)c1cc(C)ccc1OC. The Hall–Kier alpha value is -1.06. The van der Waals surface area contributed by atoms with Crippen LogP contribution in [0.5, 0.6) is 5.75 Å². The van der Waals surface area contributed by atoms with Gasteiger partial charge in [-0.25, -0.2) is 0 Å². The van der Waals surface area contributed by atoms with Crippen molar-refractivity contribution in [3.63, 3.8) is 0 Å². The molecule has 1 aliphatic heterocycles. The van der Waals surface area contributed by atoms with E-state index in [2.05, 4.69) is 49.2 Å². The summed E-state index contributed by atoms with van der Waals surface area (Å²) in [5.74, 6) is 0.984. The Bertz CT molecular complexity index is 460. The molecule has 1 atom stereocenters. The normalized spacial score (nSPS) is 20.2. The molecule has 1 saturated heterocycles. The third-order valence-corrected chi connectivity index (χ3v) is 4.76. The van der Waals surface area contributed by atoms with Crippen LogP contribution in [0, 0.1) is 12.3 Å². The molecular weight excluding hydrogens is 260 g/mol. The largest absolute Gasteiger partial charge is 0.496 e. The predicted molar refractivity (Wildman–Crippen MR) is 89.0 cm³/mol. The molecule has 2 rings (SSSR count). The number of ether oxygens (including phenoxy) is 1. The van der Waals surface area contributed by atoms with Crippen molar-refractivity contribution in [2.24, 2.45) is 5.41 Å². The highest BCUT2D eigenvalue weighted by molar-refractivity contribution is 5.39. The van der Waals surface area contributed by atoms with Crippen molar-refractivity contribution >= 4 is 0 Å². The van der Waals surface area contributed by atoms with Gasteiger partial charge in [-0.05, 0) is 51.4 Å². The summed E-state index contributed by atoms with van der Waals surface area (Å²) in [5.41, 5.74) is 3.06. The lowest BCUT2D eigenvalue weighted by Gasteiger charge is -2.38. The number of hydrogen-bond donors (Lipinski definition) is 1. The van der Waals surface area contributed by atoms with Crippen molar-refractivity contribution in [3.8, 4) is 5.75 Å². The maximum Gasteiger partial charge on any atom is 0.123 e. The third kappa shape index (κ3) is 4.21. The van der Waals surface area contributed by atoms with Crippen LogP contribution in [0.2, 0.25) is 0 Å². The van der Waals surface area contributed by atoms with Gasteiger partial charge >= 0.3 is 0 Å². The molecule has 1 N–H and O–H groups in total. The molecule has 0 saturated carbocycles. The van der Waals surface area contributed by atoms with E-state index in [1.807, 2.05) is 7.05 Å². The van der Waals surface area contributed by atoms with E-state index >= 15 is 0 Å². The molecule has 0 aliphatic carbocycles. The fraction of sp³-hybridized carbons (Fsp3) is 0.667. The first kappa shape index (κ1) is 16.3. The molecule has 0 amide bonds. The third-order valence-electron chi connectivity index (χ3n) is 4.76. The molecule has 1 fully saturated rings. The Morgan fingerprint density at radius 3 is 2.52 bits per heavy atom. The Kier molecular flexibility index (Phi) is 5.28. The van der Waals surface area contributed by atoms with Crippen molar-refractivity contribution in [1.82, 2.24) is 10.2 Å². The van der Waals surface area contributed by atoms with E-state index in [1.165, 1.54) is 37.1 Å². The average molecular weight is 290 g/mol. The summed E-state index contributed by atoms with van der Waals surface area (Å²) in [7, 11) is 3.80. The van der Waals surface area contributed by atoms with E-state index in [9.17, 15) is 0 Å². The zero-order valence-electron chi connectivity index (χ0n) is 14.2. The van der Waals surface area contributed by atoms with Gasteiger partial charge in [-0.1, -0.05) is 31.5 Å². The van der Waals surface area contributed by atoms with Gasteiger partial charge in [-0.2, -0.15) is 0 Å². The lowest BCUT2D eigenvalue weighted by molar-refractivity contribution is 0.123. The van der Waals surface area contributed by atoms with Crippen LogP contribution in [-0.4, -0.2) is 38.7 Å². The van der Waals surface area contributed by atoms with Crippen LogP contribution in [0.1, 0.15) is 43.9 Å². The quantitative estimate of drug-likeness (QED) is 0.899. The zero-order valence-corrected chi connectivity index (χ0v) is 14.2. The van der Waals surface area contributed by atoms with Gasteiger partial charge in [0.05, 0.1) is 7.11 Å². The molecule has 118 valence electrons. The maximum atomic E-state index is 5.55. The summed E-state index contributed by atoms with van der Waals surface area (Å²) < 4.78 is 5.55. The number of benzene rings is 1. The maximum absolute atomic E-state index is 5.55. The van der Waals surface area contributed by atoms with Gasteiger partial charge in [-0.3, -0.25) is 0 Å². The smallest absolute Gasteiger partial charge is 0.123 e. The van der Waals surface area contributed by atoms with Crippen LogP contribution in [0.4, 0.5) is 0 Å². The molecule has 3 heteroatoms. The van der Waals surface area contributed by atoms with Gasteiger partial charge in [0.25, 0.3) is 0 Å². The van der Waals surface area contributed by atoms with E-state index in [0.717, 1.165) is 12.3 Å². The number of nitrogens with one attached hydrogen (secondary N) is 1. The second kappa shape index (κ2) is 6.80. The first-order chi connectivity index (χ1) is 9.95. The number of aryl methyl sites for hydroxylation is 1. The highest BCUT2D eigenvalue weighted by Gasteiger charge is 2.27. The summed E-state index contributed by atoms with van der Waals surface area (Å²) in [6, 6.07) is 6.75. The number of nitrogens with zero attached hydrogens (tertiary/aromatic N) is 1. The number of likely N-dealkylation sites (tertiary alicyclic amines) is 1. The first-order valence-corrected chi connectivity index (χ1v) is 7.99. The molecule has 3 nitrogen and oxygen atoms in total. The average Bonchev–Trinajstić information content (AvgIpc) is 2.46. The number of hydrogen-bond acceptors (Lipinski definition) is 3. The predicted octanol–water partition coefficient (Wildman–Crippen LogP) is 3.39. The zero-order chi connectivity index (χ0) is 15.5. The summed E-state index contributed by atoms with van der Waals surface area (Å²) in [6.45, 7) is 10.3. The highest BCUT2D eigenvalue weighted by atomic mass is 16.5. The summed E-state index contributed by atoms with van der Waals surface area (Å²) in [5, 5.41) is 3.47. The fourth-order valence-electron chi connectivity index (χ4n) is 3.07. The molecule has 0 aromatic heterocycles. The first-order valence-electron chi connectivity index (χ1n) is 7.99. The molecule has 1 aromatic carbocycles. The van der Waals surface area contributed by atoms with E-state index in [0.29, 0.717) is 11.5 Å². The van der Waals surface area contributed by atoms with Gasteiger partial charge in [0, 0.05) is 18.2 Å².